The van der Waals surface area contributed by atoms with Crippen LogP contribution in [0.15, 0.2) is 46.4 Å². The molecule has 152 valence electrons. The number of aliphatic hydroxyl groups excluding tert-OH is 1. The number of nitro groups is 1. The van der Waals surface area contributed by atoms with Crippen molar-refractivity contribution in [2.75, 3.05) is 6.54 Å². The van der Waals surface area contributed by atoms with E-state index >= 15 is 0 Å². The third-order valence-corrected chi connectivity index (χ3v) is 4.92. The van der Waals surface area contributed by atoms with Gasteiger partial charge in [0.1, 0.15) is 23.3 Å². The van der Waals surface area contributed by atoms with Gasteiger partial charge < -0.3 is 14.4 Å². The monoisotopic (exact) mass is 398 g/mol. The second-order valence-electron chi connectivity index (χ2n) is 6.95. The third-order valence-electron chi connectivity index (χ3n) is 4.92. The number of furan rings is 1. The van der Waals surface area contributed by atoms with Gasteiger partial charge in [0.25, 0.3) is 17.4 Å². The van der Waals surface area contributed by atoms with E-state index in [1.54, 1.807) is 19.1 Å². The number of likely N-dealkylation sites (tertiary alicyclic amines) is 1. The smallest absolute Gasteiger partial charge is 0.295 e. The van der Waals surface area contributed by atoms with Gasteiger partial charge >= 0.3 is 0 Å². The Kier molecular flexibility index (Phi) is 5.81. The van der Waals surface area contributed by atoms with Gasteiger partial charge in [-0.25, -0.2) is 0 Å². The van der Waals surface area contributed by atoms with Crippen molar-refractivity contribution >= 4 is 23.1 Å². The average Bonchev–Trinajstić information content (AvgIpc) is 3.24. The first kappa shape index (κ1) is 20.3. The number of nitro benzene ring substituents is 1. The molecule has 1 aromatic heterocycles. The lowest BCUT2D eigenvalue weighted by Crippen LogP contribution is -2.30. The number of nitrogens with zero attached hydrogens (tertiary/aromatic N) is 2. The molecule has 1 atom stereocenters. The molecule has 1 saturated heterocycles. The number of non-ortho nitro benzene ring substituents is 1. The first-order valence-corrected chi connectivity index (χ1v) is 9.44. The van der Waals surface area contributed by atoms with E-state index in [9.17, 15) is 24.8 Å². The van der Waals surface area contributed by atoms with Crippen LogP contribution in [0.5, 0.6) is 0 Å². The summed E-state index contributed by atoms with van der Waals surface area (Å²) in [5, 5.41) is 21.7. The molecule has 1 aliphatic rings. The Morgan fingerprint density at radius 3 is 2.41 bits per heavy atom. The van der Waals surface area contributed by atoms with E-state index in [0.29, 0.717) is 18.1 Å². The number of carbonyl (C=O) groups excluding carboxylic acids is 2. The summed E-state index contributed by atoms with van der Waals surface area (Å²) in [5.41, 5.74) is 0.00455. The summed E-state index contributed by atoms with van der Waals surface area (Å²) in [4.78, 5) is 37.2. The highest BCUT2D eigenvalue weighted by atomic mass is 16.6. The van der Waals surface area contributed by atoms with Crippen LogP contribution in [0.4, 0.5) is 5.69 Å². The zero-order valence-electron chi connectivity index (χ0n) is 16.3. The van der Waals surface area contributed by atoms with Crippen molar-refractivity contribution in [1.29, 1.82) is 0 Å². The van der Waals surface area contributed by atoms with Gasteiger partial charge in [0.15, 0.2) is 0 Å². The summed E-state index contributed by atoms with van der Waals surface area (Å²) in [7, 11) is 0. The number of Topliss-reactive ketones (excluding diaryl/α,β-unsaturated/α-hetero) is 1. The largest absolute Gasteiger partial charge is 0.507 e. The second-order valence-corrected chi connectivity index (χ2v) is 6.95. The van der Waals surface area contributed by atoms with Gasteiger partial charge in [-0.1, -0.05) is 19.8 Å². The molecule has 1 N–H and O–H groups in total. The molecule has 0 radical (unpaired) electrons. The lowest BCUT2D eigenvalue weighted by atomic mass is 9.99. The summed E-state index contributed by atoms with van der Waals surface area (Å²) in [6, 6.07) is 7.74. The maximum absolute atomic E-state index is 12.8. The molecule has 2 heterocycles. The van der Waals surface area contributed by atoms with E-state index < -0.39 is 22.7 Å². The number of ketones is 1. The van der Waals surface area contributed by atoms with Crippen molar-refractivity contribution in [3.05, 3.63) is 69.2 Å². The quantitative estimate of drug-likeness (QED) is 0.187. The molecule has 2 aromatic rings. The average molecular weight is 398 g/mol. The van der Waals surface area contributed by atoms with Crippen molar-refractivity contribution in [2.45, 2.75) is 39.2 Å². The van der Waals surface area contributed by atoms with Crippen molar-refractivity contribution < 1.29 is 24.0 Å². The molecule has 1 aromatic carbocycles. The maximum Gasteiger partial charge on any atom is 0.295 e. The fourth-order valence-electron chi connectivity index (χ4n) is 3.44. The van der Waals surface area contributed by atoms with Crippen LogP contribution in [0.1, 0.15) is 49.3 Å². The summed E-state index contributed by atoms with van der Waals surface area (Å²) in [6.45, 7) is 4.15. The Balaban J connectivity index is 2.07. The van der Waals surface area contributed by atoms with Crippen LogP contribution in [-0.2, 0) is 9.59 Å². The van der Waals surface area contributed by atoms with E-state index in [1.165, 1.54) is 29.2 Å². The minimum absolute atomic E-state index is 0.0744. The molecule has 1 aliphatic heterocycles. The van der Waals surface area contributed by atoms with Crippen LogP contribution in [-0.4, -0.2) is 33.2 Å². The fourth-order valence-corrected chi connectivity index (χ4v) is 3.44. The molecule has 0 aliphatic carbocycles. The molecule has 8 nitrogen and oxygen atoms in total. The van der Waals surface area contributed by atoms with Crippen LogP contribution < -0.4 is 0 Å². The number of aryl methyl sites for hydroxylation is 1. The van der Waals surface area contributed by atoms with Gasteiger partial charge in [-0.15, -0.1) is 0 Å². The minimum Gasteiger partial charge on any atom is -0.507 e. The number of unbranched alkanes of at least 4 members (excludes halogenated alkanes) is 2. The van der Waals surface area contributed by atoms with E-state index in [-0.39, 0.29) is 22.6 Å². The first-order valence-electron chi connectivity index (χ1n) is 9.44. The first-order chi connectivity index (χ1) is 13.8. The second kappa shape index (κ2) is 8.30. The third kappa shape index (κ3) is 3.91. The molecule has 1 unspecified atom stereocenters. The zero-order chi connectivity index (χ0) is 21.1. The Morgan fingerprint density at radius 2 is 1.86 bits per heavy atom. The minimum atomic E-state index is -0.837. The molecule has 1 amide bonds. The van der Waals surface area contributed by atoms with Gasteiger partial charge in [-0.3, -0.25) is 19.7 Å². The van der Waals surface area contributed by atoms with Crippen LogP contribution in [0.2, 0.25) is 0 Å². The Bertz CT molecular complexity index is 973. The number of hydrogen-bond donors (Lipinski definition) is 1. The SMILES string of the molecule is CCCCCN1C(=O)C(=O)/C(=C(\O)c2ccc([N+](=O)[O-])cc2)C1c1ccc(C)o1. The lowest BCUT2D eigenvalue weighted by molar-refractivity contribution is -0.384. The van der Waals surface area contributed by atoms with Gasteiger partial charge in [0.05, 0.1) is 10.5 Å². The van der Waals surface area contributed by atoms with Crippen molar-refractivity contribution in [3.63, 3.8) is 0 Å². The summed E-state index contributed by atoms with van der Waals surface area (Å²) >= 11 is 0. The Labute approximate surface area is 167 Å². The zero-order valence-corrected chi connectivity index (χ0v) is 16.3. The molecule has 1 fully saturated rings. The molecule has 0 bridgehead atoms. The van der Waals surface area contributed by atoms with Crippen LogP contribution in [0, 0.1) is 17.0 Å². The molecule has 8 heteroatoms. The number of rotatable bonds is 7. The molecular weight excluding hydrogens is 376 g/mol. The highest BCUT2D eigenvalue weighted by Gasteiger charge is 2.47. The van der Waals surface area contributed by atoms with Crippen molar-refractivity contribution in [3.8, 4) is 0 Å². The maximum atomic E-state index is 12.8. The van der Waals surface area contributed by atoms with Crippen LogP contribution >= 0.6 is 0 Å². The van der Waals surface area contributed by atoms with Crippen molar-refractivity contribution in [2.24, 2.45) is 0 Å². The number of carbonyl (C=O) groups is 2. The standard InChI is InChI=1S/C21H22N2O6/c1-3-4-5-12-22-18(16-11-6-13(2)29-16)17(20(25)21(22)26)19(24)14-7-9-15(10-8-14)23(27)28/h6-11,18,24H,3-5,12H2,1-2H3/b19-17-. The van der Waals surface area contributed by atoms with E-state index in [1.807, 2.05) is 6.92 Å². The predicted octanol–water partition coefficient (Wildman–Crippen LogP) is 4.11. The number of amides is 1. The number of aliphatic hydroxyl groups is 1. The van der Waals surface area contributed by atoms with Crippen LogP contribution in [0.3, 0.4) is 0 Å². The lowest BCUT2D eigenvalue weighted by Gasteiger charge is -2.23. The van der Waals surface area contributed by atoms with E-state index in [2.05, 4.69) is 0 Å². The van der Waals surface area contributed by atoms with Gasteiger partial charge in [-0.05, 0) is 37.6 Å². The number of hydrogen-bond acceptors (Lipinski definition) is 6. The summed E-state index contributed by atoms with van der Waals surface area (Å²) < 4.78 is 5.69. The summed E-state index contributed by atoms with van der Waals surface area (Å²) in [5.74, 6) is -0.855. The highest BCUT2D eigenvalue weighted by Crippen LogP contribution is 2.40. The molecular formula is C21H22N2O6. The predicted molar refractivity (Wildman–Crippen MR) is 105 cm³/mol. The molecule has 0 saturated carbocycles. The van der Waals surface area contributed by atoms with Gasteiger partial charge in [0.2, 0.25) is 0 Å². The van der Waals surface area contributed by atoms with Crippen LogP contribution in [0.25, 0.3) is 5.76 Å². The van der Waals surface area contributed by atoms with E-state index in [4.69, 9.17) is 4.42 Å². The molecule has 29 heavy (non-hydrogen) atoms. The van der Waals surface area contributed by atoms with Crippen molar-refractivity contribution in [1.82, 2.24) is 4.90 Å². The Hall–Kier alpha value is -3.42. The number of benzene rings is 1. The highest BCUT2D eigenvalue weighted by molar-refractivity contribution is 6.46. The van der Waals surface area contributed by atoms with E-state index in [0.717, 1.165) is 19.3 Å². The topological polar surface area (TPSA) is 114 Å². The Morgan fingerprint density at radius 1 is 1.17 bits per heavy atom. The fraction of sp³-hybridized carbons (Fsp3) is 0.333. The molecule has 3 rings (SSSR count). The van der Waals surface area contributed by atoms with Gasteiger partial charge in [0, 0.05) is 24.2 Å². The van der Waals surface area contributed by atoms with Gasteiger partial charge in [-0.2, -0.15) is 0 Å². The molecule has 0 spiro atoms. The summed E-state index contributed by atoms with van der Waals surface area (Å²) in [6.07, 6.45) is 2.57. The normalized spacial score (nSPS) is 18.4.